The molecule has 0 spiro atoms. The van der Waals surface area contributed by atoms with Gasteiger partial charge in [0.25, 0.3) is 11.1 Å². The summed E-state index contributed by atoms with van der Waals surface area (Å²) in [6, 6.07) is 7.18. The predicted molar refractivity (Wildman–Crippen MR) is 135 cm³/mol. The lowest BCUT2D eigenvalue weighted by Gasteiger charge is -2.32. The maximum atomic E-state index is 14.0. The van der Waals surface area contributed by atoms with Gasteiger partial charge in [-0.05, 0) is 73.0 Å². The fourth-order valence-electron chi connectivity index (χ4n) is 4.22. The highest BCUT2D eigenvalue weighted by atomic mass is 32.2. The molecule has 2 amide bonds. The molecular formula is C25H24FN7O2S. The Balaban J connectivity index is 1.12. The van der Waals surface area contributed by atoms with Crippen LogP contribution in [-0.2, 0) is 11.3 Å². The van der Waals surface area contributed by atoms with Crippen molar-refractivity contribution in [2.24, 2.45) is 5.92 Å². The van der Waals surface area contributed by atoms with E-state index in [0.29, 0.717) is 40.3 Å². The number of carbonyl (C=O) groups excluding carboxylic acids is 2. The Hall–Kier alpha value is -3.70. The van der Waals surface area contributed by atoms with Gasteiger partial charge in [0.1, 0.15) is 0 Å². The number of halogens is 1. The Morgan fingerprint density at radius 3 is 2.75 bits per heavy atom. The van der Waals surface area contributed by atoms with E-state index in [1.165, 1.54) is 6.20 Å². The predicted octanol–water partition coefficient (Wildman–Crippen LogP) is 3.40. The van der Waals surface area contributed by atoms with Crippen LogP contribution in [0.2, 0.25) is 0 Å². The van der Waals surface area contributed by atoms with Gasteiger partial charge in [0.2, 0.25) is 5.95 Å². The van der Waals surface area contributed by atoms with Gasteiger partial charge in [-0.25, -0.2) is 14.4 Å². The van der Waals surface area contributed by atoms with Gasteiger partial charge in [0.15, 0.2) is 5.82 Å². The third kappa shape index (κ3) is 5.74. The molecule has 2 saturated heterocycles. The van der Waals surface area contributed by atoms with E-state index in [0.717, 1.165) is 49.8 Å². The third-order valence-corrected chi connectivity index (χ3v) is 6.93. The second-order valence-electron chi connectivity index (χ2n) is 8.60. The summed E-state index contributed by atoms with van der Waals surface area (Å²) in [7, 11) is 0. The van der Waals surface area contributed by atoms with Crippen LogP contribution in [0.15, 0.2) is 54.0 Å². The normalized spacial score (nSPS) is 17.6. The Kier molecular flexibility index (Phi) is 7.28. The first-order chi connectivity index (χ1) is 17.5. The third-order valence-electron chi connectivity index (χ3n) is 6.12. The Morgan fingerprint density at radius 1 is 1.14 bits per heavy atom. The van der Waals surface area contributed by atoms with Crippen LogP contribution in [0.4, 0.5) is 15.1 Å². The van der Waals surface area contributed by atoms with Crippen molar-refractivity contribution in [1.82, 2.24) is 30.6 Å². The summed E-state index contributed by atoms with van der Waals surface area (Å²) in [5.41, 5.74) is 2.68. The van der Waals surface area contributed by atoms with E-state index in [4.69, 9.17) is 0 Å². The summed E-state index contributed by atoms with van der Waals surface area (Å²) in [6.45, 7) is 3.22. The van der Waals surface area contributed by atoms with E-state index in [-0.39, 0.29) is 11.1 Å². The standard InChI is InChI=1S/C25H24FN7O2S/c26-20-15-27-6-3-19(20)21-11-17(1-7-29-21)14-28-13-16-4-9-33(10-5-16)24-30-8-2-18(31-24)12-22-23(34)32-25(35)36-22/h1-3,6-8,11-12,15-16,28H,4-5,9-10,13-14H2,(H,32,34,35)/b22-12-. The zero-order chi connectivity index (χ0) is 24.9. The molecule has 0 atom stereocenters. The molecule has 3 aromatic rings. The van der Waals surface area contributed by atoms with Crippen molar-refractivity contribution in [3.63, 3.8) is 0 Å². The quantitative estimate of drug-likeness (QED) is 0.467. The zero-order valence-corrected chi connectivity index (χ0v) is 20.2. The number of rotatable bonds is 7. The highest BCUT2D eigenvalue weighted by Gasteiger charge is 2.25. The maximum Gasteiger partial charge on any atom is 0.290 e. The number of pyridine rings is 2. The van der Waals surface area contributed by atoms with Crippen molar-refractivity contribution in [3.8, 4) is 11.3 Å². The summed E-state index contributed by atoms with van der Waals surface area (Å²) < 4.78 is 14.0. The van der Waals surface area contributed by atoms with Crippen molar-refractivity contribution in [3.05, 3.63) is 71.0 Å². The van der Waals surface area contributed by atoms with Crippen LogP contribution in [0.25, 0.3) is 17.3 Å². The molecule has 0 aliphatic carbocycles. The van der Waals surface area contributed by atoms with Gasteiger partial charge < -0.3 is 10.2 Å². The molecule has 5 heterocycles. The lowest BCUT2D eigenvalue weighted by Crippen LogP contribution is -2.38. The number of imide groups is 1. The van der Waals surface area contributed by atoms with Crippen molar-refractivity contribution in [2.45, 2.75) is 19.4 Å². The van der Waals surface area contributed by atoms with Gasteiger partial charge in [-0.3, -0.25) is 24.9 Å². The van der Waals surface area contributed by atoms with Crippen LogP contribution in [0, 0.1) is 11.7 Å². The number of piperidine rings is 1. The molecule has 184 valence electrons. The molecule has 0 aromatic carbocycles. The van der Waals surface area contributed by atoms with Crippen molar-refractivity contribution in [2.75, 3.05) is 24.5 Å². The number of hydrogen-bond donors (Lipinski definition) is 2. The van der Waals surface area contributed by atoms with Crippen molar-refractivity contribution >= 4 is 34.9 Å². The molecule has 9 nitrogen and oxygen atoms in total. The van der Waals surface area contributed by atoms with Crippen LogP contribution in [0.1, 0.15) is 24.1 Å². The second-order valence-corrected chi connectivity index (χ2v) is 9.61. The minimum atomic E-state index is -0.397. The van der Waals surface area contributed by atoms with Gasteiger partial charge in [0.05, 0.1) is 22.5 Å². The van der Waals surface area contributed by atoms with E-state index in [2.05, 4.69) is 35.5 Å². The molecule has 0 bridgehead atoms. The number of anilines is 1. The zero-order valence-electron chi connectivity index (χ0n) is 19.4. The van der Waals surface area contributed by atoms with Crippen LogP contribution in [-0.4, -0.2) is 50.7 Å². The highest BCUT2D eigenvalue weighted by Crippen LogP contribution is 2.26. The molecule has 3 aromatic heterocycles. The van der Waals surface area contributed by atoms with Crippen LogP contribution in [0.5, 0.6) is 0 Å². The molecular weight excluding hydrogens is 481 g/mol. The molecule has 2 aliphatic rings. The number of thioether (sulfide) groups is 1. The average Bonchev–Trinajstić information content (AvgIpc) is 3.21. The SMILES string of the molecule is O=C1NC(=O)/C(=C/c2ccnc(N3CCC(CNCc4ccnc(-c5ccncc5F)c4)CC3)n2)S1. The Labute approximate surface area is 211 Å². The number of hydrogen-bond acceptors (Lipinski definition) is 9. The number of carbonyl (C=O) groups is 2. The van der Waals surface area contributed by atoms with E-state index in [1.54, 1.807) is 36.8 Å². The minimum Gasteiger partial charge on any atom is -0.341 e. The van der Waals surface area contributed by atoms with Gasteiger partial charge in [-0.1, -0.05) is 0 Å². The maximum absolute atomic E-state index is 14.0. The molecule has 2 N–H and O–H groups in total. The molecule has 2 aliphatic heterocycles. The average molecular weight is 506 g/mol. The van der Waals surface area contributed by atoms with E-state index in [9.17, 15) is 14.0 Å². The number of nitrogens with zero attached hydrogens (tertiary/aromatic N) is 5. The summed E-state index contributed by atoms with van der Waals surface area (Å²) in [5, 5.41) is 5.39. The number of nitrogens with one attached hydrogen (secondary N) is 2. The molecule has 0 unspecified atom stereocenters. The molecule has 11 heteroatoms. The number of amides is 2. The van der Waals surface area contributed by atoms with Crippen molar-refractivity contribution in [1.29, 1.82) is 0 Å². The lowest BCUT2D eigenvalue weighted by molar-refractivity contribution is -0.115. The van der Waals surface area contributed by atoms with E-state index < -0.39 is 5.91 Å². The minimum absolute atomic E-state index is 0.335. The molecule has 2 fully saturated rings. The molecule has 0 saturated carbocycles. The molecule has 5 rings (SSSR count). The highest BCUT2D eigenvalue weighted by molar-refractivity contribution is 8.18. The fourth-order valence-corrected chi connectivity index (χ4v) is 4.89. The smallest absolute Gasteiger partial charge is 0.290 e. The second kappa shape index (κ2) is 10.9. The van der Waals surface area contributed by atoms with Crippen molar-refractivity contribution < 1.29 is 14.0 Å². The fraction of sp³-hybridized carbons (Fsp3) is 0.280. The van der Waals surface area contributed by atoms with Crippen LogP contribution >= 0.6 is 11.8 Å². The van der Waals surface area contributed by atoms with Gasteiger partial charge in [-0.2, -0.15) is 0 Å². The monoisotopic (exact) mass is 505 g/mol. The molecule has 0 radical (unpaired) electrons. The van der Waals surface area contributed by atoms with E-state index >= 15 is 0 Å². The number of aromatic nitrogens is 4. The molecule has 36 heavy (non-hydrogen) atoms. The first-order valence-electron chi connectivity index (χ1n) is 11.6. The lowest BCUT2D eigenvalue weighted by atomic mass is 9.97. The van der Waals surface area contributed by atoms with Gasteiger partial charge in [-0.15, -0.1) is 0 Å². The van der Waals surface area contributed by atoms with Gasteiger partial charge >= 0.3 is 0 Å². The Morgan fingerprint density at radius 2 is 1.97 bits per heavy atom. The first-order valence-corrected chi connectivity index (χ1v) is 12.5. The van der Waals surface area contributed by atoms with Gasteiger partial charge in [0, 0.05) is 43.8 Å². The van der Waals surface area contributed by atoms with Crippen LogP contribution in [0.3, 0.4) is 0 Å². The summed E-state index contributed by atoms with van der Waals surface area (Å²) in [4.78, 5) is 42.7. The van der Waals surface area contributed by atoms with Crippen LogP contribution < -0.4 is 15.5 Å². The largest absolute Gasteiger partial charge is 0.341 e. The summed E-state index contributed by atoms with van der Waals surface area (Å²) in [6.07, 6.45) is 9.73. The summed E-state index contributed by atoms with van der Waals surface area (Å²) >= 11 is 0.874. The topological polar surface area (TPSA) is 113 Å². The Bertz CT molecular complexity index is 1310. The summed E-state index contributed by atoms with van der Waals surface area (Å²) in [5.74, 6) is 0.366. The van der Waals surface area contributed by atoms with E-state index in [1.807, 2.05) is 12.1 Å². The first kappa shape index (κ1) is 24.0.